The predicted octanol–water partition coefficient (Wildman–Crippen LogP) is 4.80. The standard InChI is InChI=1S/C14H13ClS/c1-16(2)13-9-4-3-6-10(13)11-7-5-8-12(15)14(11)16/h3-9H,1-2H3. The van der Waals surface area contributed by atoms with Gasteiger partial charge in [-0.3, -0.25) is 0 Å². The molecule has 2 aromatic rings. The Morgan fingerprint density at radius 3 is 2.38 bits per heavy atom. The summed E-state index contributed by atoms with van der Waals surface area (Å²) in [6.45, 7) is 0. The molecular formula is C14H13ClS. The molecule has 3 rings (SSSR count). The Hall–Kier alpha value is -0.920. The molecule has 0 fully saturated rings. The van der Waals surface area contributed by atoms with Gasteiger partial charge >= 0.3 is 0 Å². The molecule has 82 valence electrons. The Kier molecular flexibility index (Phi) is 2.10. The van der Waals surface area contributed by atoms with E-state index in [0.717, 1.165) is 5.02 Å². The van der Waals surface area contributed by atoms with Gasteiger partial charge in [0.2, 0.25) is 0 Å². The molecule has 0 atom stereocenters. The molecule has 0 amide bonds. The predicted molar refractivity (Wildman–Crippen MR) is 72.9 cm³/mol. The smallest absolute Gasteiger partial charge is 0.0536 e. The number of benzene rings is 2. The van der Waals surface area contributed by atoms with Crippen LogP contribution in [-0.4, -0.2) is 12.5 Å². The maximum atomic E-state index is 6.37. The van der Waals surface area contributed by atoms with Crippen LogP contribution >= 0.6 is 21.6 Å². The van der Waals surface area contributed by atoms with Crippen molar-refractivity contribution < 1.29 is 0 Å². The van der Waals surface area contributed by atoms with E-state index in [0.29, 0.717) is 0 Å². The summed E-state index contributed by atoms with van der Waals surface area (Å²) < 4.78 is 0. The van der Waals surface area contributed by atoms with Gasteiger partial charge in [-0.05, 0) is 35.8 Å². The molecule has 16 heavy (non-hydrogen) atoms. The lowest BCUT2D eigenvalue weighted by atomic mass is 10.1. The number of rotatable bonds is 0. The van der Waals surface area contributed by atoms with Crippen LogP contribution in [-0.2, 0) is 0 Å². The minimum Gasteiger partial charge on any atom is -0.191 e. The van der Waals surface area contributed by atoms with E-state index in [9.17, 15) is 0 Å². The zero-order chi connectivity index (χ0) is 11.3. The van der Waals surface area contributed by atoms with Gasteiger partial charge in [-0.15, -0.1) is 0 Å². The summed E-state index contributed by atoms with van der Waals surface area (Å²) in [5.41, 5.74) is 2.68. The molecule has 0 N–H and O–H groups in total. The van der Waals surface area contributed by atoms with Crippen LogP contribution in [0.4, 0.5) is 0 Å². The van der Waals surface area contributed by atoms with Crippen LogP contribution in [0.25, 0.3) is 11.1 Å². The average Bonchev–Trinajstić information content (AvgIpc) is 2.50. The van der Waals surface area contributed by atoms with Crippen LogP contribution in [0.15, 0.2) is 52.3 Å². The third-order valence-corrected chi connectivity index (χ3v) is 6.55. The van der Waals surface area contributed by atoms with Gasteiger partial charge in [0, 0.05) is 9.79 Å². The molecule has 1 aliphatic rings. The Bertz CT molecular complexity index is 573. The van der Waals surface area contributed by atoms with Crippen molar-refractivity contribution in [3.05, 3.63) is 47.5 Å². The normalized spacial score (nSPS) is 17.7. The Balaban J connectivity index is 2.44. The van der Waals surface area contributed by atoms with Crippen molar-refractivity contribution in [1.29, 1.82) is 0 Å². The van der Waals surface area contributed by atoms with Crippen molar-refractivity contribution in [3.63, 3.8) is 0 Å². The van der Waals surface area contributed by atoms with Crippen molar-refractivity contribution in [2.45, 2.75) is 9.79 Å². The van der Waals surface area contributed by atoms with Gasteiger partial charge in [-0.2, -0.15) is 10.0 Å². The van der Waals surface area contributed by atoms with E-state index < -0.39 is 10.0 Å². The zero-order valence-corrected chi connectivity index (χ0v) is 10.9. The van der Waals surface area contributed by atoms with E-state index in [2.05, 4.69) is 42.8 Å². The van der Waals surface area contributed by atoms with Crippen molar-refractivity contribution >= 4 is 21.6 Å². The summed E-state index contributed by atoms with van der Waals surface area (Å²) in [5, 5.41) is 0.911. The maximum Gasteiger partial charge on any atom is 0.0536 e. The summed E-state index contributed by atoms with van der Waals surface area (Å²) in [7, 11) is -0.928. The number of halogens is 1. The van der Waals surface area contributed by atoms with Gasteiger partial charge in [-0.25, -0.2) is 0 Å². The first-order valence-electron chi connectivity index (χ1n) is 5.24. The second-order valence-corrected chi connectivity index (χ2v) is 8.35. The fourth-order valence-corrected chi connectivity index (χ4v) is 5.89. The van der Waals surface area contributed by atoms with Crippen molar-refractivity contribution in [1.82, 2.24) is 0 Å². The van der Waals surface area contributed by atoms with Gasteiger partial charge in [0.05, 0.1) is 5.02 Å². The van der Waals surface area contributed by atoms with Crippen LogP contribution in [0, 0.1) is 0 Å². The van der Waals surface area contributed by atoms with E-state index in [4.69, 9.17) is 11.6 Å². The molecule has 0 aromatic heterocycles. The Morgan fingerprint density at radius 1 is 0.875 bits per heavy atom. The zero-order valence-electron chi connectivity index (χ0n) is 9.33. The fraction of sp³-hybridized carbons (Fsp3) is 0.143. The van der Waals surface area contributed by atoms with E-state index in [1.54, 1.807) is 0 Å². The van der Waals surface area contributed by atoms with Crippen LogP contribution in [0.2, 0.25) is 5.02 Å². The second kappa shape index (κ2) is 3.28. The Labute approximate surface area is 103 Å². The highest BCUT2D eigenvalue weighted by molar-refractivity contribution is 8.33. The lowest BCUT2D eigenvalue weighted by molar-refractivity contribution is 1.45. The van der Waals surface area contributed by atoms with Crippen molar-refractivity contribution in [2.24, 2.45) is 0 Å². The van der Waals surface area contributed by atoms with E-state index in [-0.39, 0.29) is 0 Å². The third-order valence-electron chi connectivity index (χ3n) is 3.20. The van der Waals surface area contributed by atoms with Gasteiger partial charge < -0.3 is 0 Å². The van der Waals surface area contributed by atoms with E-state index in [1.165, 1.54) is 20.9 Å². The monoisotopic (exact) mass is 248 g/mol. The summed E-state index contributed by atoms with van der Waals surface area (Å²) in [6, 6.07) is 14.9. The molecular weight excluding hydrogens is 236 g/mol. The molecule has 0 unspecified atom stereocenters. The molecule has 2 heteroatoms. The van der Waals surface area contributed by atoms with Crippen LogP contribution in [0.1, 0.15) is 0 Å². The molecule has 0 saturated heterocycles. The minimum absolute atomic E-state index is 0.911. The summed E-state index contributed by atoms with van der Waals surface area (Å²) in [4.78, 5) is 2.80. The van der Waals surface area contributed by atoms with Gasteiger partial charge in [0.1, 0.15) is 0 Å². The lowest BCUT2D eigenvalue weighted by Crippen LogP contribution is -1.92. The second-order valence-electron chi connectivity index (χ2n) is 4.44. The van der Waals surface area contributed by atoms with Crippen LogP contribution < -0.4 is 0 Å². The number of hydrogen-bond donors (Lipinski definition) is 0. The highest BCUT2D eigenvalue weighted by Crippen LogP contribution is 2.68. The molecule has 0 spiro atoms. The quantitative estimate of drug-likeness (QED) is 0.628. The molecule has 0 radical (unpaired) electrons. The largest absolute Gasteiger partial charge is 0.191 e. The van der Waals surface area contributed by atoms with Crippen molar-refractivity contribution in [3.8, 4) is 11.1 Å². The first kappa shape index (κ1) is 10.2. The molecule has 1 heterocycles. The molecule has 1 aliphatic heterocycles. The van der Waals surface area contributed by atoms with Gasteiger partial charge in [-0.1, -0.05) is 41.9 Å². The maximum absolute atomic E-state index is 6.37. The van der Waals surface area contributed by atoms with Crippen molar-refractivity contribution in [2.75, 3.05) is 12.5 Å². The lowest BCUT2D eigenvalue weighted by Gasteiger charge is -2.28. The number of fused-ring (bicyclic) bond motifs is 3. The average molecular weight is 249 g/mol. The Morgan fingerprint density at radius 2 is 1.56 bits per heavy atom. The molecule has 0 bridgehead atoms. The van der Waals surface area contributed by atoms with Crippen LogP contribution in [0.5, 0.6) is 0 Å². The highest BCUT2D eigenvalue weighted by Gasteiger charge is 2.32. The van der Waals surface area contributed by atoms with E-state index in [1.807, 2.05) is 12.1 Å². The van der Waals surface area contributed by atoms with Gasteiger partial charge in [0.25, 0.3) is 0 Å². The van der Waals surface area contributed by atoms with Gasteiger partial charge in [0.15, 0.2) is 0 Å². The summed E-state index contributed by atoms with van der Waals surface area (Å²) >= 11 is 6.37. The third kappa shape index (κ3) is 1.19. The summed E-state index contributed by atoms with van der Waals surface area (Å²) in [5.74, 6) is 0. The molecule has 2 aromatic carbocycles. The first-order chi connectivity index (χ1) is 7.62. The first-order valence-corrected chi connectivity index (χ1v) is 8.06. The van der Waals surface area contributed by atoms with E-state index >= 15 is 0 Å². The molecule has 0 nitrogen and oxygen atoms in total. The number of hydrogen-bond acceptors (Lipinski definition) is 0. The fourth-order valence-electron chi connectivity index (χ4n) is 2.48. The topological polar surface area (TPSA) is 0 Å². The SMILES string of the molecule is CS1(C)c2ccccc2-c2cccc(Cl)c21. The molecule has 0 saturated carbocycles. The summed E-state index contributed by atoms with van der Waals surface area (Å²) in [6.07, 6.45) is 4.65. The van der Waals surface area contributed by atoms with Crippen LogP contribution in [0.3, 0.4) is 0 Å². The minimum atomic E-state index is -0.928. The highest BCUT2D eigenvalue weighted by atomic mass is 35.5. The molecule has 0 aliphatic carbocycles.